The number of nitrogens with two attached hydrogens (primary N) is 2. The van der Waals surface area contributed by atoms with Crippen LogP contribution in [0.5, 0.6) is 0 Å². The molecule has 4 N–H and O–H groups in total. The Morgan fingerprint density at radius 1 is 1.28 bits per heavy atom. The van der Waals surface area contributed by atoms with Crippen LogP contribution in [0.1, 0.15) is 5.69 Å². The average Bonchev–Trinajstić information content (AvgIpc) is 2.75. The molecule has 1 aromatic carbocycles. The van der Waals surface area contributed by atoms with Crippen LogP contribution in [0.2, 0.25) is 0 Å². The summed E-state index contributed by atoms with van der Waals surface area (Å²) in [6, 6.07) is 9.50. The summed E-state index contributed by atoms with van der Waals surface area (Å²) >= 11 is 0. The van der Waals surface area contributed by atoms with Crippen molar-refractivity contribution >= 4 is 15.7 Å². The number of hydrogen-bond donors (Lipinski definition) is 2. The van der Waals surface area contributed by atoms with Gasteiger partial charge in [0.1, 0.15) is 16.7 Å². The molecule has 92 valence electrons. The van der Waals surface area contributed by atoms with Crippen LogP contribution in [0.25, 0.3) is 5.69 Å². The lowest BCUT2D eigenvalue weighted by molar-refractivity contribution is 0.597. The van der Waals surface area contributed by atoms with E-state index in [1.54, 1.807) is 24.4 Å². The number of benzene rings is 1. The number of rotatable bonds is 2. The van der Waals surface area contributed by atoms with Gasteiger partial charge in [-0.15, -0.1) is 0 Å². The molecule has 0 aliphatic heterocycles. The van der Waals surface area contributed by atoms with E-state index in [-0.39, 0.29) is 10.6 Å². The van der Waals surface area contributed by atoms with E-state index >= 15 is 0 Å². The fourth-order valence-electron chi connectivity index (χ4n) is 1.64. The maximum absolute atomic E-state index is 11.5. The van der Waals surface area contributed by atoms with Crippen molar-refractivity contribution in [2.24, 2.45) is 5.14 Å². The van der Waals surface area contributed by atoms with Gasteiger partial charge in [0.15, 0.2) is 0 Å². The highest BCUT2D eigenvalue weighted by molar-refractivity contribution is 7.89. The molecule has 0 saturated heterocycles. The van der Waals surface area contributed by atoms with E-state index in [0.29, 0.717) is 11.4 Å². The molecule has 0 atom stereocenters. The molecular weight excluding hydrogens is 252 g/mol. The van der Waals surface area contributed by atoms with Crippen LogP contribution in [0.15, 0.2) is 41.4 Å². The Hall–Kier alpha value is -2.30. The summed E-state index contributed by atoms with van der Waals surface area (Å²) in [6.07, 6.45) is 1.58. The number of sulfonamides is 1. The van der Waals surface area contributed by atoms with Crippen molar-refractivity contribution in [1.82, 2.24) is 4.57 Å². The van der Waals surface area contributed by atoms with Crippen LogP contribution in [0.3, 0.4) is 0 Å². The molecule has 18 heavy (non-hydrogen) atoms. The van der Waals surface area contributed by atoms with Gasteiger partial charge in [-0.1, -0.05) is 0 Å². The standard InChI is InChI=1S/C11H10N4O2S/c12-7-9-2-1-5-15(9)10-4-3-8(13)6-11(10)18(14,16)17/h1-6H,13H2,(H2,14,16,17). The number of hydrogen-bond acceptors (Lipinski definition) is 4. The third kappa shape index (κ3) is 2.07. The van der Waals surface area contributed by atoms with Crippen LogP contribution in [-0.4, -0.2) is 13.0 Å². The Morgan fingerprint density at radius 2 is 2.00 bits per heavy atom. The van der Waals surface area contributed by atoms with E-state index in [2.05, 4.69) is 0 Å². The predicted molar refractivity (Wildman–Crippen MR) is 66.3 cm³/mol. The number of nitrogen functional groups attached to an aromatic ring is 1. The molecule has 0 fully saturated rings. The number of nitrogens with zero attached hydrogens (tertiary/aromatic N) is 2. The number of nitriles is 1. The summed E-state index contributed by atoms with van der Waals surface area (Å²) in [5.41, 5.74) is 6.45. The minimum atomic E-state index is -3.92. The second-order valence-corrected chi connectivity index (χ2v) is 5.18. The third-order valence-corrected chi connectivity index (χ3v) is 3.35. The molecule has 0 bridgehead atoms. The molecule has 0 radical (unpaired) electrons. The summed E-state index contributed by atoms with van der Waals surface area (Å²) < 4.78 is 24.5. The number of anilines is 1. The van der Waals surface area contributed by atoms with E-state index in [4.69, 9.17) is 16.1 Å². The summed E-state index contributed by atoms with van der Waals surface area (Å²) in [7, 11) is -3.92. The monoisotopic (exact) mass is 262 g/mol. The summed E-state index contributed by atoms with van der Waals surface area (Å²) in [4.78, 5) is -0.116. The molecule has 2 aromatic rings. The summed E-state index contributed by atoms with van der Waals surface area (Å²) in [5.74, 6) is 0. The fourth-order valence-corrected chi connectivity index (χ4v) is 2.40. The van der Waals surface area contributed by atoms with Crippen molar-refractivity contribution in [2.75, 3.05) is 5.73 Å². The highest BCUT2D eigenvalue weighted by Crippen LogP contribution is 2.23. The van der Waals surface area contributed by atoms with Crippen molar-refractivity contribution in [2.45, 2.75) is 4.90 Å². The zero-order valence-corrected chi connectivity index (χ0v) is 10.1. The van der Waals surface area contributed by atoms with Crippen LogP contribution in [0.4, 0.5) is 5.69 Å². The molecule has 0 saturated carbocycles. The van der Waals surface area contributed by atoms with Crippen molar-refractivity contribution in [3.63, 3.8) is 0 Å². The molecule has 7 heteroatoms. The van der Waals surface area contributed by atoms with Crippen LogP contribution in [0, 0.1) is 11.3 Å². The first-order chi connectivity index (χ1) is 8.43. The first-order valence-electron chi connectivity index (χ1n) is 4.93. The fraction of sp³-hybridized carbons (Fsp3) is 0. The lowest BCUT2D eigenvalue weighted by atomic mass is 10.2. The minimum Gasteiger partial charge on any atom is -0.399 e. The molecule has 1 heterocycles. The molecule has 0 amide bonds. The van der Waals surface area contributed by atoms with Gasteiger partial charge in [0, 0.05) is 11.9 Å². The molecule has 6 nitrogen and oxygen atoms in total. The Kier molecular flexibility index (Phi) is 2.82. The second kappa shape index (κ2) is 4.18. The van der Waals surface area contributed by atoms with Crippen molar-refractivity contribution in [3.8, 4) is 11.8 Å². The van der Waals surface area contributed by atoms with Crippen molar-refractivity contribution < 1.29 is 8.42 Å². The van der Waals surface area contributed by atoms with E-state index in [9.17, 15) is 8.42 Å². The summed E-state index contributed by atoms with van der Waals surface area (Å²) in [6.45, 7) is 0. The lowest BCUT2D eigenvalue weighted by Crippen LogP contribution is -2.16. The zero-order chi connectivity index (χ0) is 13.3. The second-order valence-electron chi connectivity index (χ2n) is 3.65. The maximum Gasteiger partial charge on any atom is 0.240 e. The van der Waals surface area contributed by atoms with E-state index < -0.39 is 10.0 Å². The largest absolute Gasteiger partial charge is 0.399 e. The number of aromatic nitrogens is 1. The average molecular weight is 262 g/mol. The normalized spacial score (nSPS) is 11.1. The highest BCUT2D eigenvalue weighted by atomic mass is 32.2. The molecule has 1 aromatic heterocycles. The van der Waals surface area contributed by atoms with Crippen molar-refractivity contribution in [1.29, 1.82) is 5.26 Å². The topological polar surface area (TPSA) is 115 Å². The maximum atomic E-state index is 11.5. The number of primary sulfonamides is 1. The van der Waals surface area contributed by atoms with Gasteiger partial charge in [-0.2, -0.15) is 5.26 Å². The molecular formula is C11H10N4O2S. The van der Waals surface area contributed by atoms with Gasteiger partial charge < -0.3 is 10.3 Å². The van der Waals surface area contributed by atoms with Gasteiger partial charge in [-0.25, -0.2) is 13.6 Å². The smallest absolute Gasteiger partial charge is 0.240 e. The zero-order valence-electron chi connectivity index (χ0n) is 9.24. The van der Waals surface area contributed by atoms with Crippen LogP contribution >= 0.6 is 0 Å². The molecule has 0 aliphatic rings. The third-order valence-electron chi connectivity index (χ3n) is 2.41. The van der Waals surface area contributed by atoms with E-state index in [0.717, 1.165) is 0 Å². The van der Waals surface area contributed by atoms with E-state index in [1.807, 2.05) is 6.07 Å². The first kappa shape index (κ1) is 12.2. The molecule has 0 spiro atoms. The van der Waals surface area contributed by atoms with Crippen LogP contribution in [-0.2, 0) is 10.0 Å². The van der Waals surface area contributed by atoms with Gasteiger partial charge in [0.25, 0.3) is 0 Å². The summed E-state index contributed by atoms with van der Waals surface area (Å²) in [5, 5.41) is 14.1. The Balaban J connectivity index is 2.78. The van der Waals surface area contributed by atoms with E-state index in [1.165, 1.54) is 16.7 Å². The van der Waals surface area contributed by atoms with Gasteiger partial charge in [0.05, 0.1) is 5.69 Å². The SMILES string of the molecule is N#Cc1cccn1-c1ccc(N)cc1S(N)(=O)=O. The molecule has 2 rings (SSSR count). The lowest BCUT2D eigenvalue weighted by Gasteiger charge is -2.10. The van der Waals surface area contributed by atoms with Gasteiger partial charge in [-0.3, -0.25) is 0 Å². The minimum absolute atomic E-state index is 0.116. The van der Waals surface area contributed by atoms with Gasteiger partial charge in [0.2, 0.25) is 10.0 Å². The Bertz CT molecular complexity index is 741. The van der Waals surface area contributed by atoms with Crippen molar-refractivity contribution in [3.05, 3.63) is 42.2 Å². The van der Waals surface area contributed by atoms with Gasteiger partial charge in [-0.05, 0) is 30.3 Å². The Labute approximate surface area is 104 Å². The predicted octanol–water partition coefficient (Wildman–Crippen LogP) is 0.579. The molecule has 0 unspecified atom stereocenters. The quantitative estimate of drug-likeness (QED) is 0.770. The van der Waals surface area contributed by atoms with Crippen LogP contribution < -0.4 is 10.9 Å². The van der Waals surface area contributed by atoms with Gasteiger partial charge >= 0.3 is 0 Å². The molecule has 0 aliphatic carbocycles. The first-order valence-corrected chi connectivity index (χ1v) is 6.48. The highest BCUT2D eigenvalue weighted by Gasteiger charge is 2.17. The Morgan fingerprint density at radius 3 is 2.61 bits per heavy atom.